The molecule has 0 bridgehead atoms. The smallest absolute Gasteiger partial charge is 0.250 e. The van der Waals surface area contributed by atoms with Crippen LogP contribution in [0.25, 0.3) is 0 Å². The fourth-order valence-corrected chi connectivity index (χ4v) is 1.54. The first-order valence-corrected chi connectivity index (χ1v) is 5.36. The molecule has 0 atom stereocenters. The average molecular weight is 243 g/mol. The van der Waals surface area contributed by atoms with Gasteiger partial charge in [0.2, 0.25) is 5.91 Å². The Morgan fingerprint density at radius 3 is 2.81 bits per heavy atom. The standard InChI is InChI=1S/C11H15ClN2O2/c1-7(2)8-4-13-5-9(12)11(8)14-10(15)6-16-3/h4-5,7H,6H2,1-3H3,(H,13,14,15). The number of carbonyl (C=O) groups excluding carboxylic acids is 1. The number of nitrogens with zero attached hydrogens (tertiary/aromatic N) is 1. The molecule has 16 heavy (non-hydrogen) atoms. The highest BCUT2D eigenvalue weighted by molar-refractivity contribution is 6.33. The predicted molar refractivity (Wildman–Crippen MR) is 63.8 cm³/mol. The number of amides is 1. The molecule has 0 spiro atoms. The summed E-state index contributed by atoms with van der Waals surface area (Å²) in [7, 11) is 1.47. The molecule has 0 saturated carbocycles. The minimum Gasteiger partial charge on any atom is -0.375 e. The third-order valence-corrected chi connectivity index (χ3v) is 2.38. The molecule has 0 aliphatic rings. The van der Waals surface area contributed by atoms with Gasteiger partial charge in [0, 0.05) is 19.5 Å². The van der Waals surface area contributed by atoms with Gasteiger partial charge in [0.05, 0.1) is 10.7 Å². The molecule has 0 fully saturated rings. The van der Waals surface area contributed by atoms with E-state index in [9.17, 15) is 4.79 Å². The van der Waals surface area contributed by atoms with Crippen molar-refractivity contribution in [2.24, 2.45) is 0 Å². The Hall–Kier alpha value is -1.13. The quantitative estimate of drug-likeness (QED) is 0.882. The maximum Gasteiger partial charge on any atom is 0.250 e. The van der Waals surface area contributed by atoms with Gasteiger partial charge in [0.15, 0.2) is 0 Å². The van der Waals surface area contributed by atoms with Crippen LogP contribution in [0, 0.1) is 0 Å². The molecule has 5 heteroatoms. The van der Waals surface area contributed by atoms with Crippen LogP contribution in [0.1, 0.15) is 25.3 Å². The van der Waals surface area contributed by atoms with Crippen molar-refractivity contribution in [3.8, 4) is 0 Å². The van der Waals surface area contributed by atoms with Crippen LogP contribution in [0.5, 0.6) is 0 Å². The summed E-state index contributed by atoms with van der Waals surface area (Å²) in [5.41, 5.74) is 1.53. The van der Waals surface area contributed by atoms with Crippen LogP contribution in [0.3, 0.4) is 0 Å². The van der Waals surface area contributed by atoms with Gasteiger partial charge in [-0.1, -0.05) is 25.4 Å². The number of carbonyl (C=O) groups is 1. The summed E-state index contributed by atoms with van der Waals surface area (Å²) in [5.74, 6) is 0.0153. The molecule has 1 aromatic heterocycles. The minimum atomic E-state index is -0.225. The van der Waals surface area contributed by atoms with E-state index in [4.69, 9.17) is 16.3 Å². The van der Waals surface area contributed by atoms with E-state index >= 15 is 0 Å². The number of pyridine rings is 1. The Morgan fingerprint density at radius 2 is 2.25 bits per heavy atom. The lowest BCUT2D eigenvalue weighted by atomic mass is 10.0. The number of anilines is 1. The number of ether oxygens (including phenoxy) is 1. The number of rotatable bonds is 4. The molecule has 88 valence electrons. The Kier molecular flexibility index (Phi) is 4.71. The first-order chi connectivity index (χ1) is 7.56. The predicted octanol–water partition coefficient (Wildman–Crippen LogP) is 2.44. The first kappa shape index (κ1) is 12.9. The van der Waals surface area contributed by atoms with Crippen LogP contribution in [0.2, 0.25) is 5.02 Å². The zero-order valence-corrected chi connectivity index (χ0v) is 10.3. The van der Waals surface area contributed by atoms with Gasteiger partial charge in [0.25, 0.3) is 0 Å². The number of hydrogen-bond acceptors (Lipinski definition) is 3. The van der Waals surface area contributed by atoms with Gasteiger partial charge in [-0.05, 0) is 11.5 Å². The normalized spacial score (nSPS) is 10.6. The van der Waals surface area contributed by atoms with E-state index in [1.807, 2.05) is 13.8 Å². The van der Waals surface area contributed by atoms with Crippen molar-refractivity contribution in [1.82, 2.24) is 4.98 Å². The number of halogens is 1. The van der Waals surface area contributed by atoms with Crippen LogP contribution in [-0.2, 0) is 9.53 Å². The highest BCUT2D eigenvalue weighted by Gasteiger charge is 2.13. The Bertz CT molecular complexity index is 380. The fourth-order valence-electron chi connectivity index (χ4n) is 1.33. The molecule has 1 N–H and O–H groups in total. The zero-order chi connectivity index (χ0) is 12.1. The second-order valence-electron chi connectivity index (χ2n) is 3.72. The highest BCUT2D eigenvalue weighted by atomic mass is 35.5. The zero-order valence-electron chi connectivity index (χ0n) is 9.58. The summed E-state index contributed by atoms with van der Waals surface area (Å²) in [4.78, 5) is 15.4. The lowest BCUT2D eigenvalue weighted by molar-refractivity contribution is -0.119. The summed E-state index contributed by atoms with van der Waals surface area (Å²) in [5, 5.41) is 3.17. The van der Waals surface area contributed by atoms with E-state index in [1.165, 1.54) is 13.3 Å². The largest absolute Gasteiger partial charge is 0.375 e. The van der Waals surface area contributed by atoms with E-state index < -0.39 is 0 Å². The first-order valence-electron chi connectivity index (χ1n) is 4.98. The monoisotopic (exact) mass is 242 g/mol. The molecule has 1 rings (SSSR count). The topological polar surface area (TPSA) is 51.2 Å². The fraction of sp³-hybridized carbons (Fsp3) is 0.455. The van der Waals surface area contributed by atoms with Gasteiger partial charge in [-0.3, -0.25) is 9.78 Å². The molecule has 0 aliphatic heterocycles. The second kappa shape index (κ2) is 5.82. The SMILES string of the molecule is COCC(=O)Nc1c(Cl)cncc1C(C)C. The number of aromatic nitrogens is 1. The minimum absolute atomic E-state index is 0.0101. The average Bonchev–Trinajstić information content (AvgIpc) is 2.21. The van der Waals surface area contributed by atoms with Crippen molar-refractivity contribution in [2.45, 2.75) is 19.8 Å². The molecule has 0 aromatic carbocycles. The summed E-state index contributed by atoms with van der Waals surface area (Å²) in [6, 6.07) is 0. The molecule has 4 nitrogen and oxygen atoms in total. The van der Waals surface area contributed by atoms with Gasteiger partial charge in [-0.25, -0.2) is 0 Å². The number of nitrogens with one attached hydrogen (secondary N) is 1. The molecular weight excluding hydrogens is 228 g/mol. The van der Waals surface area contributed by atoms with Crippen LogP contribution in [0.15, 0.2) is 12.4 Å². The number of hydrogen-bond donors (Lipinski definition) is 1. The van der Waals surface area contributed by atoms with Crippen molar-refractivity contribution in [2.75, 3.05) is 19.0 Å². The summed E-state index contributed by atoms with van der Waals surface area (Å²) >= 11 is 6.00. The Balaban J connectivity index is 2.97. The van der Waals surface area contributed by atoms with Gasteiger partial charge in [0.1, 0.15) is 6.61 Å². The highest BCUT2D eigenvalue weighted by Crippen LogP contribution is 2.29. The van der Waals surface area contributed by atoms with Crippen LogP contribution >= 0.6 is 11.6 Å². The van der Waals surface area contributed by atoms with E-state index in [0.29, 0.717) is 10.7 Å². The third kappa shape index (κ3) is 3.18. The lowest BCUT2D eigenvalue weighted by Gasteiger charge is -2.14. The summed E-state index contributed by atoms with van der Waals surface area (Å²) < 4.78 is 4.75. The maximum absolute atomic E-state index is 11.4. The van der Waals surface area contributed by atoms with E-state index in [0.717, 1.165) is 5.56 Å². The van der Waals surface area contributed by atoms with Crippen LogP contribution < -0.4 is 5.32 Å². The molecule has 1 aromatic rings. The Morgan fingerprint density at radius 1 is 1.56 bits per heavy atom. The van der Waals surface area contributed by atoms with E-state index in [1.54, 1.807) is 6.20 Å². The maximum atomic E-state index is 11.4. The summed E-state index contributed by atoms with van der Waals surface area (Å²) in [6.07, 6.45) is 3.22. The van der Waals surface area contributed by atoms with Crippen LogP contribution in [0.4, 0.5) is 5.69 Å². The molecule has 0 aliphatic carbocycles. The molecule has 1 amide bonds. The third-order valence-electron chi connectivity index (χ3n) is 2.09. The van der Waals surface area contributed by atoms with E-state index in [-0.39, 0.29) is 18.4 Å². The van der Waals surface area contributed by atoms with Gasteiger partial charge >= 0.3 is 0 Å². The molecule has 0 saturated heterocycles. The van der Waals surface area contributed by atoms with Crippen molar-refractivity contribution >= 4 is 23.2 Å². The molecular formula is C11H15ClN2O2. The molecule has 0 unspecified atom stereocenters. The van der Waals surface area contributed by atoms with Crippen molar-refractivity contribution in [3.05, 3.63) is 23.0 Å². The van der Waals surface area contributed by atoms with E-state index in [2.05, 4.69) is 10.3 Å². The van der Waals surface area contributed by atoms with Gasteiger partial charge in [-0.15, -0.1) is 0 Å². The number of methoxy groups -OCH3 is 1. The Labute approximate surface area is 100.0 Å². The van der Waals surface area contributed by atoms with Gasteiger partial charge < -0.3 is 10.1 Å². The van der Waals surface area contributed by atoms with Crippen molar-refractivity contribution < 1.29 is 9.53 Å². The molecule has 0 radical (unpaired) electrons. The van der Waals surface area contributed by atoms with Crippen molar-refractivity contribution in [1.29, 1.82) is 0 Å². The summed E-state index contributed by atoms with van der Waals surface area (Å²) in [6.45, 7) is 4.04. The van der Waals surface area contributed by atoms with Crippen molar-refractivity contribution in [3.63, 3.8) is 0 Å². The lowest BCUT2D eigenvalue weighted by Crippen LogP contribution is -2.18. The van der Waals surface area contributed by atoms with Gasteiger partial charge in [-0.2, -0.15) is 0 Å². The molecule has 1 heterocycles. The van der Waals surface area contributed by atoms with Crippen LogP contribution in [-0.4, -0.2) is 24.6 Å². The second-order valence-corrected chi connectivity index (χ2v) is 4.13.